The number of carbonyl (C=O) groups is 2. The van der Waals surface area contributed by atoms with Crippen molar-refractivity contribution in [3.05, 3.63) is 67.2 Å². The van der Waals surface area contributed by atoms with Crippen molar-refractivity contribution < 1.29 is 9.59 Å². The molecule has 0 aromatic heterocycles. The number of hydrogen-bond acceptors (Lipinski definition) is 2. The Labute approximate surface area is 169 Å². The van der Waals surface area contributed by atoms with Crippen molar-refractivity contribution in [1.29, 1.82) is 0 Å². The fraction of sp³-hybridized carbons (Fsp3) is 0.222. The predicted octanol–water partition coefficient (Wildman–Crippen LogP) is 4.20. The van der Waals surface area contributed by atoms with Gasteiger partial charge in [-0.25, -0.2) is 0 Å². The molecule has 1 aliphatic rings. The maximum atomic E-state index is 12.6. The van der Waals surface area contributed by atoms with Crippen LogP contribution in [0.2, 0.25) is 10.0 Å². The minimum atomic E-state index is -0.136. The minimum Gasteiger partial charge on any atom is -0.335 e. The molecule has 3 rings (SSSR count). The zero-order valence-electron chi connectivity index (χ0n) is 13.2. The molecule has 0 radical (unpaired) electrons. The van der Waals surface area contributed by atoms with Crippen molar-refractivity contribution in [3.63, 3.8) is 0 Å². The molecule has 0 bridgehead atoms. The van der Waals surface area contributed by atoms with E-state index in [1.165, 1.54) is 0 Å². The maximum absolute atomic E-state index is 12.6. The van der Waals surface area contributed by atoms with Gasteiger partial charge in [-0.05, 0) is 65.1 Å². The molecule has 0 N–H and O–H groups in total. The molecular formula is C18H15Cl2IN2O2. The topological polar surface area (TPSA) is 40.6 Å². The van der Waals surface area contributed by atoms with E-state index in [1.54, 1.807) is 28.0 Å². The molecule has 130 valence electrons. The lowest BCUT2D eigenvalue weighted by Crippen LogP contribution is -2.50. The first-order valence-corrected chi connectivity index (χ1v) is 9.58. The molecule has 0 aliphatic carbocycles. The van der Waals surface area contributed by atoms with Crippen LogP contribution in [-0.2, 0) is 0 Å². The Morgan fingerprint density at radius 3 is 1.96 bits per heavy atom. The Morgan fingerprint density at radius 2 is 1.40 bits per heavy atom. The number of amides is 2. The summed E-state index contributed by atoms with van der Waals surface area (Å²) in [5.74, 6) is -0.143. The minimum absolute atomic E-state index is 0.00646. The van der Waals surface area contributed by atoms with Gasteiger partial charge in [0.15, 0.2) is 0 Å². The summed E-state index contributed by atoms with van der Waals surface area (Å²) in [5, 5.41) is 0.837. The molecule has 0 atom stereocenters. The number of rotatable bonds is 2. The molecule has 25 heavy (non-hydrogen) atoms. The van der Waals surface area contributed by atoms with Crippen LogP contribution in [0.15, 0.2) is 42.5 Å². The van der Waals surface area contributed by atoms with Crippen LogP contribution in [0.25, 0.3) is 0 Å². The zero-order chi connectivity index (χ0) is 18.0. The van der Waals surface area contributed by atoms with Crippen LogP contribution in [0.5, 0.6) is 0 Å². The SMILES string of the molecule is O=C(c1ccc(I)cc1)N1CCN(C(=O)c2ccc(Cl)cc2Cl)CC1. The van der Waals surface area contributed by atoms with E-state index in [4.69, 9.17) is 23.2 Å². The average Bonchev–Trinajstić information content (AvgIpc) is 2.61. The second kappa shape index (κ2) is 7.93. The molecule has 1 heterocycles. The quantitative estimate of drug-likeness (QED) is 0.594. The monoisotopic (exact) mass is 488 g/mol. The second-order valence-electron chi connectivity index (χ2n) is 5.72. The number of carbonyl (C=O) groups excluding carboxylic acids is 2. The highest BCUT2D eigenvalue weighted by molar-refractivity contribution is 14.1. The van der Waals surface area contributed by atoms with Gasteiger partial charge in [-0.2, -0.15) is 0 Å². The van der Waals surface area contributed by atoms with Gasteiger partial charge in [0, 0.05) is 40.3 Å². The molecule has 4 nitrogen and oxygen atoms in total. The average molecular weight is 489 g/mol. The Hall–Kier alpha value is -1.31. The molecule has 0 saturated carbocycles. The fourth-order valence-electron chi connectivity index (χ4n) is 2.72. The number of hydrogen-bond donors (Lipinski definition) is 0. The third-order valence-electron chi connectivity index (χ3n) is 4.11. The van der Waals surface area contributed by atoms with E-state index in [-0.39, 0.29) is 11.8 Å². The van der Waals surface area contributed by atoms with E-state index in [2.05, 4.69) is 22.6 Å². The van der Waals surface area contributed by atoms with Crippen LogP contribution in [-0.4, -0.2) is 47.8 Å². The van der Waals surface area contributed by atoms with Gasteiger partial charge in [0.1, 0.15) is 0 Å². The van der Waals surface area contributed by atoms with Crippen LogP contribution < -0.4 is 0 Å². The van der Waals surface area contributed by atoms with Gasteiger partial charge in [-0.15, -0.1) is 0 Å². The van der Waals surface area contributed by atoms with Gasteiger partial charge in [0.25, 0.3) is 11.8 Å². The van der Waals surface area contributed by atoms with Crippen LogP contribution in [0.3, 0.4) is 0 Å². The number of nitrogens with zero attached hydrogens (tertiary/aromatic N) is 2. The number of benzene rings is 2. The van der Waals surface area contributed by atoms with Gasteiger partial charge in [-0.1, -0.05) is 23.2 Å². The Kier molecular flexibility index (Phi) is 5.86. The highest BCUT2D eigenvalue weighted by Crippen LogP contribution is 2.23. The largest absolute Gasteiger partial charge is 0.335 e. The smallest absolute Gasteiger partial charge is 0.255 e. The third kappa shape index (κ3) is 4.27. The summed E-state index contributed by atoms with van der Waals surface area (Å²) < 4.78 is 1.09. The summed E-state index contributed by atoms with van der Waals surface area (Å²) in [6.45, 7) is 1.96. The summed E-state index contributed by atoms with van der Waals surface area (Å²) in [7, 11) is 0. The normalized spacial score (nSPS) is 14.5. The van der Waals surface area contributed by atoms with Crippen molar-refractivity contribution in [2.75, 3.05) is 26.2 Å². The van der Waals surface area contributed by atoms with Crippen molar-refractivity contribution in [2.45, 2.75) is 0 Å². The molecule has 2 amide bonds. The van der Waals surface area contributed by atoms with Crippen molar-refractivity contribution >= 4 is 57.6 Å². The van der Waals surface area contributed by atoms with Crippen LogP contribution >= 0.6 is 45.8 Å². The Morgan fingerprint density at radius 1 is 0.840 bits per heavy atom. The molecule has 1 saturated heterocycles. The molecular weight excluding hydrogens is 474 g/mol. The first kappa shape index (κ1) is 18.5. The molecule has 1 aliphatic heterocycles. The maximum Gasteiger partial charge on any atom is 0.255 e. The van der Waals surface area contributed by atoms with E-state index < -0.39 is 0 Å². The number of piperazine rings is 1. The summed E-state index contributed by atoms with van der Waals surface area (Å²) in [4.78, 5) is 28.6. The summed E-state index contributed by atoms with van der Waals surface area (Å²) in [6.07, 6.45) is 0. The van der Waals surface area contributed by atoms with Crippen LogP contribution in [0, 0.1) is 3.57 Å². The summed E-state index contributed by atoms with van der Waals surface area (Å²) >= 11 is 14.2. The first-order chi connectivity index (χ1) is 12.0. The summed E-state index contributed by atoms with van der Waals surface area (Å²) in [6, 6.07) is 12.3. The van der Waals surface area contributed by atoms with E-state index in [0.717, 1.165) is 3.57 Å². The fourth-order valence-corrected chi connectivity index (χ4v) is 3.57. The third-order valence-corrected chi connectivity index (χ3v) is 5.37. The summed E-state index contributed by atoms with van der Waals surface area (Å²) in [5.41, 5.74) is 1.10. The standard InChI is InChI=1S/C18H15Cl2IN2O2/c19-13-3-6-15(16(20)11-13)18(25)23-9-7-22(8-10-23)17(24)12-1-4-14(21)5-2-12/h1-6,11H,7-10H2. The predicted molar refractivity (Wildman–Crippen MR) is 107 cm³/mol. The van der Waals surface area contributed by atoms with Gasteiger partial charge in [0.05, 0.1) is 10.6 Å². The van der Waals surface area contributed by atoms with Crippen LogP contribution in [0.1, 0.15) is 20.7 Å². The first-order valence-electron chi connectivity index (χ1n) is 7.75. The van der Waals surface area contributed by atoms with E-state index in [0.29, 0.717) is 47.4 Å². The molecule has 0 unspecified atom stereocenters. The lowest BCUT2D eigenvalue weighted by molar-refractivity contribution is 0.0535. The molecule has 2 aromatic carbocycles. The highest BCUT2D eigenvalue weighted by atomic mass is 127. The van der Waals surface area contributed by atoms with Crippen molar-refractivity contribution in [1.82, 2.24) is 9.80 Å². The van der Waals surface area contributed by atoms with Gasteiger partial charge < -0.3 is 9.80 Å². The van der Waals surface area contributed by atoms with Gasteiger partial charge >= 0.3 is 0 Å². The van der Waals surface area contributed by atoms with Gasteiger partial charge in [-0.3, -0.25) is 9.59 Å². The molecule has 7 heteroatoms. The Bertz CT molecular complexity index is 803. The van der Waals surface area contributed by atoms with Crippen molar-refractivity contribution in [2.24, 2.45) is 0 Å². The lowest BCUT2D eigenvalue weighted by Gasteiger charge is -2.35. The van der Waals surface area contributed by atoms with Crippen molar-refractivity contribution in [3.8, 4) is 0 Å². The molecule has 1 fully saturated rings. The zero-order valence-corrected chi connectivity index (χ0v) is 16.9. The van der Waals surface area contributed by atoms with Crippen LogP contribution in [0.4, 0.5) is 0 Å². The highest BCUT2D eigenvalue weighted by Gasteiger charge is 2.26. The van der Waals surface area contributed by atoms with E-state index in [1.807, 2.05) is 24.3 Å². The Balaban J connectivity index is 1.64. The van der Waals surface area contributed by atoms with E-state index in [9.17, 15) is 9.59 Å². The molecule has 2 aromatic rings. The van der Waals surface area contributed by atoms with Gasteiger partial charge in [0.2, 0.25) is 0 Å². The molecule has 0 spiro atoms. The lowest BCUT2D eigenvalue weighted by atomic mass is 10.1. The second-order valence-corrected chi connectivity index (χ2v) is 7.80. The number of halogens is 3. The van der Waals surface area contributed by atoms with E-state index >= 15 is 0 Å².